The van der Waals surface area contributed by atoms with Crippen LogP contribution in [0, 0.1) is 11.8 Å². The smallest absolute Gasteiger partial charge is 0.0141 e. The number of thiophene rings is 1. The van der Waals surface area contributed by atoms with Crippen molar-refractivity contribution in [3.8, 4) is 0 Å². The van der Waals surface area contributed by atoms with Gasteiger partial charge in [0.25, 0.3) is 0 Å². The van der Waals surface area contributed by atoms with E-state index in [0.29, 0.717) is 6.04 Å². The largest absolute Gasteiger partial charge is 0.316 e. The van der Waals surface area contributed by atoms with Gasteiger partial charge in [0, 0.05) is 10.9 Å². The van der Waals surface area contributed by atoms with Crippen molar-refractivity contribution in [3.63, 3.8) is 0 Å². The molecule has 1 nitrogen and oxygen atoms in total. The molecule has 2 rings (SSSR count). The van der Waals surface area contributed by atoms with Gasteiger partial charge in [0.15, 0.2) is 0 Å². The van der Waals surface area contributed by atoms with Gasteiger partial charge in [-0.25, -0.2) is 0 Å². The molecule has 1 heterocycles. The first-order chi connectivity index (χ1) is 7.79. The number of likely N-dealkylation sites (N-methyl/N-ethyl adjacent to an activating group) is 1. The van der Waals surface area contributed by atoms with Gasteiger partial charge in [-0.2, -0.15) is 0 Å². The molecule has 16 heavy (non-hydrogen) atoms. The zero-order valence-electron chi connectivity index (χ0n) is 10.4. The molecule has 2 heteroatoms. The van der Waals surface area contributed by atoms with E-state index in [2.05, 4.69) is 36.8 Å². The van der Waals surface area contributed by atoms with Gasteiger partial charge in [-0.1, -0.05) is 25.8 Å². The van der Waals surface area contributed by atoms with Gasteiger partial charge in [-0.05, 0) is 49.6 Å². The second kappa shape index (κ2) is 5.83. The minimum Gasteiger partial charge on any atom is -0.316 e. The van der Waals surface area contributed by atoms with E-state index in [4.69, 9.17) is 0 Å². The lowest BCUT2D eigenvalue weighted by atomic mass is 9.78. The normalized spacial score (nSPS) is 27.9. The summed E-state index contributed by atoms with van der Waals surface area (Å²) in [6, 6.07) is 5.11. The van der Waals surface area contributed by atoms with E-state index < -0.39 is 0 Å². The highest BCUT2D eigenvalue weighted by Crippen LogP contribution is 2.31. The van der Waals surface area contributed by atoms with E-state index in [1.165, 1.54) is 37.0 Å². The summed E-state index contributed by atoms with van der Waals surface area (Å²) >= 11 is 1.89. The highest BCUT2D eigenvalue weighted by atomic mass is 32.1. The van der Waals surface area contributed by atoms with Crippen molar-refractivity contribution < 1.29 is 0 Å². The zero-order chi connectivity index (χ0) is 11.4. The lowest BCUT2D eigenvalue weighted by molar-refractivity contribution is 0.236. The van der Waals surface area contributed by atoms with E-state index in [0.717, 1.165) is 11.8 Å². The summed E-state index contributed by atoms with van der Waals surface area (Å²) in [6.07, 6.45) is 6.89. The number of hydrogen-bond donors (Lipinski definition) is 1. The average molecular weight is 237 g/mol. The molecule has 1 aromatic rings. The van der Waals surface area contributed by atoms with Crippen LogP contribution in [0.15, 0.2) is 17.5 Å². The lowest BCUT2D eigenvalue weighted by Gasteiger charge is -2.32. The predicted molar refractivity (Wildman–Crippen MR) is 72.0 cm³/mol. The summed E-state index contributed by atoms with van der Waals surface area (Å²) in [7, 11) is 2.12. The molecule has 1 aromatic heterocycles. The monoisotopic (exact) mass is 237 g/mol. The Morgan fingerprint density at radius 3 is 2.69 bits per heavy atom. The maximum Gasteiger partial charge on any atom is 0.0141 e. The van der Waals surface area contributed by atoms with Gasteiger partial charge in [0.05, 0.1) is 0 Å². The Kier molecular flexibility index (Phi) is 4.42. The fourth-order valence-corrected chi connectivity index (χ4v) is 3.60. The molecule has 1 unspecified atom stereocenters. The van der Waals surface area contributed by atoms with Crippen molar-refractivity contribution in [1.82, 2.24) is 5.32 Å². The molecule has 0 aliphatic heterocycles. The molecule has 1 N–H and O–H groups in total. The Labute approximate surface area is 103 Å². The second-order valence-corrected chi connectivity index (χ2v) is 6.23. The maximum absolute atomic E-state index is 3.53. The Morgan fingerprint density at radius 2 is 2.12 bits per heavy atom. The number of nitrogens with one attached hydrogen (secondary N) is 1. The third-order valence-electron chi connectivity index (χ3n) is 4.00. The van der Waals surface area contributed by atoms with Gasteiger partial charge in [-0.15, -0.1) is 11.3 Å². The quantitative estimate of drug-likeness (QED) is 0.842. The Morgan fingerprint density at radius 1 is 1.38 bits per heavy atom. The molecule has 1 fully saturated rings. The van der Waals surface area contributed by atoms with Crippen LogP contribution < -0.4 is 5.32 Å². The average Bonchev–Trinajstić information content (AvgIpc) is 2.80. The first kappa shape index (κ1) is 12.1. The Balaban J connectivity index is 1.89. The standard InChI is InChI=1S/C14H23NS/c1-11-5-7-12(8-6-11)14(15-2)10-13-4-3-9-16-13/h3-4,9,11-12,14-15H,5-8,10H2,1-2H3. The van der Waals surface area contributed by atoms with E-state index in [9.17, 15) is 0 Å². The van der Waals surface area contributed by atoms with Crippen molar-refractivity contribution in [2.24, 2.45) is 11.8 Å². The van der Waals surface area contributed by atoms with Gasteiger partial charge in [-0.3, -0.25) is 0 Å². The summed E-state index contributed by atoms with van der Waals surface area (Å²) in [6.45, 7) is 2.39. The molecule has 1 atom stereocenters. The highest BCUT2D eigenvalue weighted by Gasteiger charge is 2.25. The molecule has 1 aliphatic carbocycles. The second-order valence-electron chi connectivity index (χ2n) is 5.20. The van der Waals surface area contributed by atoms with Crippen molar-refractivity contribution in [1.29, 1.82) is 0 Å². The van der Waals surface area contributed by atoms with Crippen LogP contribution in [0.5, 0.6) is 0 Å². The topological polar surface area (TPSA) is 12.0 Å². The van der Waals surface area contributed by atoms with Gasteiger partial charge in [0.1, 0.15) is 0 Å². The molecule has 0 radical (unpaired) electrons. The summed E-state index contributed by atoms with van der Waals surface area (Å²) in [5, 5.41) is 5.72. The summed E-state index contributed by atoms with van der Waals surface area (Å²) < 4.78 is 0. The lowest BCUT2D eigenvalue weighted by Crippen LogP contribution is -2.37. The predicted octanol–water partition coefficient (Wildman–Crippen LogP) is 3.70. The van der Waals surface area contributed by atoms with Crippen molar-refractivity contribution >= 4 is 11.3 Å². The van der Waals surface area contributed by atoms with Crippen LogP contribution in [0.3, 0.4) is 0 Å². The van der Waals surface area contributed by atoms with Crippen molar-refractivity contribution in [2.75, 3.05) is 7.05 Å². The van der Waals surface area contributed by atoms with Crippen LogP contribution in [0.2, 0.25) is 0 Å². The third kappa shape index (κ3) is 3.08. The number of rotatable bonds is 4. The van der Waals surface area contributed by atoms with E-state index in [-0.39, 0.29) is 0 Å². The van der Waals surface area contributed by atoms with Crippen LogP contribution in [-0.2, 0) is 6.42 Å². The molecule has 1 aliphatic rings. The first-order valence-corrected chi connectivity index (χ1v) is 7.37. The first-order valence-electron chi connectivity index (χ1n) is 6.49. The zero-order valence-corrected chi connectivity index (χ0v) is 11.2. The molecule has 0 spiro atoms. The molecular weight excluding hydrogens is 214 g/mol. The molecule has 0 saturated heterocycles. The van der Waals surface area contributed by atoms with E-state index >= 15 is 0 Å². The van der Waals surface area contributed by atoms with Crippen LogP contribution in [0.25, 0.3) is 0 Å². The molecule has 0 bridgehead atoms. The van der Waals surface area contributed by atoms with Gasteiger partial charge in [0.2, 0.25) is 0 Å². The Hall–Kier alpha value is -0.340. The summed E-state index contributed by atoms with van der Waals surface area (Å²) in [4.78, 5) is 1.53. The van der Waals surface area contributed by atoms with Crippen LogP contribution in [0.4, 0.5) is 0 Å². The number of hydrogen-bond acceptors (Lipinski definition) is 2. The minimum atomic E-state index is 0.686. The summed E-state index contributed by atoms with van der Waals surface area (Å²) in [5.74, 6) is 1.85. The fourth-order valence-electron chi connectivity index (χ4n) is 2.84. The van der Waals surface area contributed by atoms with Gasteiger partial charge < -0.3 is 5.32 Å². The van der Waals surface area contributed by atoms with E-state index in [1.54, 1.807) is 0 Å². The van der Waals surface area contributed by atoms with Gasteiger partial charge >= 0.3 is 0 Å². The Bertz CT molecular complexity index is 286. The molecule has 0 amide bonds. The third-order valence-corrected chi connectivity index (χ3v) is 4.90. The molecule has 0 aromatic carbocycles. The van der Waals surface area contributed by atoms with Crippen LogP contribution >= 0.6 is 11.3 Å². The molecule has 90 valence electrons. The summed E-state index contributed by atoms with van der Waals surface area (Å²) in [5.41, 5.74) is 0. The molecular formula is C14H23NS. The van der Waals surface area contributed by atoms with Crippen molar-refractivity contribution in [3.05, 3.63) is 22.4 Å². The fraction of sp³-hybridized carbons (Fsp3) is 0.714. The van der Waals surface area contributed by atoms with Crippen molar-refractivity contribution in [2.45, 2.75) is 45.1 Å². The highest BCUT2D eigenvalue weighted by molar-refractivity contribution is 7.09. The molecule has 1 saturated carbocycles. The van der Waals surface area contributed by atoms with Crippen LogP contribution in [0.1, 0.15) is 37.5 Å². The maximum atomic E-state index is 3.53. The van der Waals surface area contributed by atoms with E-state index in [1.807, 2.05) is 11.3 Å². The minimum absolute atomic E-state index is 0.686. The van der Waals surface area contributed by atoms with Crippen LogP contribution in [-0.4, -0.2) is 13.1 Å². The SMILES string of the molecule is CNC(Cc1cccs1)C1CCC(C)CC1.